The van der Waals surface area contributed by atoms with Gasteiger partial charge in [-0.25, -0.2) is 0 Å². The Labute approximate surface area is 105 Å². The van der Waals surface area contributed by atoms with Crippen LogP contribution >= 0.6 is 15.9 Å². The zero-order chi connectivity index (χ0) is 12.0. The highest BCUT2D eigenvalue weighted by Crippen LogP contribution is 2.18. The lowest BCUT2D eigenvalue weighted by Gasteiger charge is -2.20. The van der Waals surface area contributed by atoms with Crippen molar-refractivity contribution in [2.24, 2.45) is 0 Å². The van der Waals surface area contributed by atoms with Crippen molar-refractivity contribution >= 4 is 21.6 Å². The van der Waals surface area contributed by atoms with E-state index in [9.17, 15) is 0 Å². The normalized spacial score (nSPS) is 11.0. The number of anilines is 1. The Balaban J connectivity index is 2.68. The highest BCUT2D eigenvalue weighted by Gasteiger charge is 2.05. The summed E-state index contributed by atoms with van der Waals surface area (Å²) < 4.78 is 1.00. The quantitative estimate of drug-likeness (QED) is 0.789. The number of hydrogen-bond acceptors (Lipinski definition) is 3. The van der Waals surface area contributed by atoms with Crippen molar-refractivity contribution in [3.63, 3.8) is 0 Å². The first-order valence-electron chi connectivity index (χ1n) is 5.54. The summed E-state index contributed by atoms with van der Waals surface area (Å²) in [5.41, 5.74) is 7.73. The van der Waals surface area contributed by atoms with E-state index in [-0.39, 0.29) is 6.61 Å². The van der Waals surface area contributed by atoms with Gasteiger partial charge in [0.1, 0.15) is 0 Å². The monoisotopic (exact) mass is 286 g/mol. The molecule has 0 aliphatic heterocycles. The van der Waals surface area contributed by atoms with Crippen molar-refractivity contribution in [3.05, 3.63) is 28.2 Å². The molecule has 1 aromatic rings. The van der Waals surface area contributed by atoms with Gasteiger partial charge in [0.05, 0.1) is 6.61 Å². The van der Waals surface area contributed by atoms with E-state index in [1.165, 1.54) is 5.56 Å². The summed E-state index contributed by atoms with van der Waals surface area (Å²) in [6.45, 7) is 4.87. The van der Waals surface area contributed by atoms with Gasteiger partial charge in [0, 0.05) is 23.2 Å². The number of aliphatic hydroxyl groups is 1. The Kier molecular flexibility index (Phi) is 5.80. The minimum Gasteiger partial charge on any atom is -0.399 e. The van der Waals surface area contributed by atoms with Crippen molar-refractivity contribution in [2.75, 3.05) is 25.4 Å². The van der Waals surface area contributed by atoms with Crippen LogP contribution < -0.4 is 5.73 Å². The molecule has 0 saturated heterocycles. The molecule has 0 fully saturated rings. The van der Waals surface area contributed by atoms with Gasteiger partial charge in [0.15, 0.2) is 0 Å². The van der Waals surface area contributed by atoms with Crippen molar-refractivity contribution in [1.82, 2.24) is 4.90 Å². The molecule has 0 aliphatic rings. The Morgan fingerprint density at radius 1 is 1.31 bits per heavy atom. The van der Waals surface area contributed by atoms with E-state index in [0.29, 0.717) is 6.54 Å². The minimum atomic E-state index is 0.198. The Hall–Kier alpha value is -0.580. The molecule has 0 radical (unpaired) electrons. The summed E-state index contributed by atoms with van der Waals surface area (Å²) in [7, 11) is 0. The topological polar surface area (TPSA) is 49.5 Å². The fourth-order valence-electron chi connectivity index (χ4n) is 1.75. The molecule has 0 spiro atoms. The molecule has 0 bridgehead atoms. The van der Waals surface area contributed by atoms with Gasteiger partial charge in [-0.2, -0.15) is 0 Å². The Morgan fingerprint density at radius 3 is 2.62 bits per heavy atom. The first kappa shape index (κ1) is 13.5. The van der Waals surface area contributed by atoms with Gasteiger partial charge in [-0.05, 0) is 36.7 Å². The molecular weight excluding hydrogens is 268 g/mol. The van der Waals surface area contributed by atoms with Crippen LogP contribution in [-0.4, -0.2) is 29.7 Å². The molecule has 16 heavy (non-hydrogen) atoms. The first-order valence-corrected chi connectivity index (χ1v) is 6.33. The lowest BCUT2D eigenvalue weighted by Crippen LogP contribution is -2.27. The molecule has 4 heteroatoms. The van der Waals surface area contributed by atoms with E-state index in [1.54, 1.807) is 0 Å². The summed E-state index contributed by atoms with van der Waals surface area (Å²) in [6, 6.07) is 5.93. The molecule has 0 aliphatic carbocycles. The molecule has 1 aromatic carbocycles. The minimum absolute atomic E-state index is 0.198. The maximum atomic E-state index is 8.97. The van der Waals surface area contributed by atoms with Crippen molar-refractivity contribution in [2.45, 2.75) is 19.9 Å². The van der Waals surface area contributed by atoms with Gasteiger partial charge in [0.2, 0.25) is 0 Å². The Morgan fingerprint density at radius 2 is 2.06 bits per heavy atom. The van der Waals surface area contributed by atoms with Crippen LogP contribution in [0.15, 0.2) is 22.7 Å². The number of nitrogen functional groups attached to an aromatic ring is 1. The van der Waals surface area contributed by atoms with Crippen molar-refractivity contribution in [1.29, 1.82) is 0 Å². The van der Waals surface area contributed by atoms with Crippen LogP contribution in [-0.2, 0) is 6.54 Å². The zero-order valence-electron chi connectivity index (χ0n) is 9.62. The smallest absolute Gasteiger partial charge is 0.0558 e. The second-order valence-electron chi connectivity index (χ2n) is 3.89. The molecule has 0 atom stereocenters. The van der Waals surface area contributed by atoms with Crippen molar-refractivity contribution < 1.29 is 5.11 Å². The third kappa shape index (κ3) is 4.51. The summed E-state index contributed by atoms with van der Waals surface area (Å²) in [4.78, 5) is 2.22. The molecule has 3 nitrogen and oxygen atoms in total. The molecule has 0 aromatic heterocycles. The third-order valence-corrected chi connectivity index (χ3v) is 2.80. The second kappa shape index (κ2) is 6.89. The number of nitrogens with two attached hydrogens (primary N) is 1. The van der Waals surface area contributed by atoms with Crippen LogP contribution in [0.5, 0.6) is 0 Å². The standard InChI is InChI=1S/C12H19BrN2O/c1-2-3-15(4-5-16)9-10-6-11(13)8-12(14)7-10/h6-8,16H,2-5,9,14H2,1H3. The van der Waals surface area contributed by atoms with Crippen LogP contribution in [0.25, 0.3) is 0 Å². The molecule has 1 rings (SSSR count). The van der Waals surface area contributed by atoms with Crippen molar-refractivity contribution in [3.8, 4) is 0 Å². The Bertz CT molecular complexity index is 305. The average molecular weight is 287 g/mol. The second-order valence-corrected chi connectivity index (χ2v) is 4.81. The van der Waals surface area contributed by atoms with Crippen LogP contribution in [0.1, 0.15) is 18.9 Å². The van der Waals surface area contributed by atoms with Gasteiger partial charge < -0.3 is 10.8 Å². The molecule has 0 saturated carbocycles. The van der Waals surface area contributed by atoms with E-state index < -0.39 is 0 Å². The SMILES string of the molecule is CCCN(CCO)Cc1cc(N)cc(Br)c1. The lowest BCUT2D eigenvalue weighted by atomic mass is 10.2. The van der Waals surface area contributed by atoms with E-state index in [1.807, 2.05) is 12.1 Å². The number of hydrogen-bond donors (Lipinski definition) is 2. The van der Waals surface area contributed by atoms with Gasteiger partial charge >= 0.3 is 0 Å². The molecule has 0 heterocycles. The molecule has 3 N–H and O–H groups in total. The molecule has 0 unspecified atom stereocenters. The maximum Gasteiger partial charge on any atom is 0.0558 e. The fraction of sp³-hybridized carbons (Fsp3) is 0.500. The van der Waals surface area contributed by atoms with Gasteiger partial charge in [-0.1, -0.05) is 22.9 Å². The number of halogens is 1. The highest BCUT2D eigenvalue weighted by atomic mass is 79.9. The van der Waals surface area contributed by atoms with Gasteiger partial charge in [-0.3, -0.25) is 4.90 Å². The van der Waals surface area contributed by atoms with Crippen LogP contribution in [0, 0.1) is 0 Å². The summed E-state index contributed by atoms with van der Waals surface area (Å²) in [5, 5.41) is 8.97. The number of aliphatic hydroxyl groups excluding tert-OH is 1. The predicted molar refractivity (Wildman–Crippen MR) is 71.2 cm³/mol. The summed E-state index contributed by atoms with van der Waals surface area (Å²) >= 11 is 3.43. The number of benzene rings is 1. The maximum absolute atomic E-state index is 8.97. The van der Waals surface area contributed by atoms with E-state index in [4.69, 9.17) is 10.8 Å². The fourth-order valence-corrected chi connectivity index (χ4v) is 2.31. The first-order chi connectivity index (χ1) is 7.65. The van der Waals surface area contributed by atoms with E-state index in [2.05, 4.69) is 33.8 Å². The number of nitrogens with zero attached hydrogens (tertiary/aromatic N) is 1. The van der Waals surface area contributed by atoms with E-state index >= 15 is 0 Å². The van der Waals surface area contributed by atoms with Gasteiger partial charge in [0.25, 0.3) is 0 Å². The van der Waals surface area contributed by atoms with Crippen LogP contribution in [0.2, 0.25) is 0 Å². The van der Waals surface area contributed by atoms with Gasteiger partial charge in [-0.15, -0.1) is 0 Å². The molecular formula is C12H19BrN2O. The highest BCUT2D eigenvalue weighted by molar-refractivity contribution is 9.10. The number of rotatable bonds is 6. The summed E-state index contributed by atoms with van der Waals surface area (Å²) in [6.07, 6.45) is 1.09. The predicted octanol–water partition coefficient (Wildman–Crippen LogP) is 2.24. The van der Waals surface area contributed by atoms with Crippen LogP contribution in [0.3, 0.4) is 0 Å². The molecule has 0 amide bonds. The average Bonchev–Trinajstić information content (AvgIpc) is 2.16. The zero-order valence-corrected chi connectivity index (χ0v) is 11.2. The molecule has 90 valence electrons. The largest absolute Gasteiger partial charge is 0.399 e. The third-order valence-electron chi connectivity index (χ3n) is 2.34. The summed E-state index contributed by atoms with van der Waals surface area (Å²) in [5.74, 6) is 0. The van der Waals surface area contributed by atoms with E-state index in [0.717, 1.165) is 29.7 Å². The van der Waals surface area contributed by atoms with Crippen LogP contribution in [0.4, 0.5) is 5.69 Å². The lowest BCUT2D eigenvalue weighted by molar-refractivity contribution is 0.190.